The topological polar surface area (TPSA) is 35.5 Å². The Labute approximate surface area is 53.3 Å². The normalized spacial score (nSPS) is 22.7. The maximum atomic E-state index is 10.5. The van der Waals surface area contributed by atoms with Gasteiger partial charge in [-0.2, -0.15) is 0 Å². The third-order valence-electron chi connectivity index (χ3n) is 0.902. The van der Waals surface area contributed by atoms with Gasteiger partial charge < -0.3 is 9.47 Å². The molecular weight excluding hydrogens is 120 g/mol. The van der Waals surface area contributed by atoms with Gasteiger partial charge in [-0.1, -0.05) is 0 Å². The Morgan fingerprint density at radius 1 is 1.56 bits per heavy atom. The number of hydrogen-bond donors (Lipinski definition) is 0. The van der Waals surface area contributed by atoms with Gasteiger partial charge in [0.1, 0.15) is 0 Å². The lowest BCUT2D eigenvalue weighted by Crippen LogP contribution is -2.31. The summed E-state index contributed by atoms with van der Waals surface area (Å²) < 4.78 is 9.64. The zero-order chi connectivity index (χ0) is 6.91. The average Bonchev–Trinajstić information content (AvgIpc) is 1.60. The third kappa shape index (κ3) is 1.45. The highest BCUT2D eigenvalue weighted by Gasteiger charge is 2.24. The maximum Gasteiger partial charge on any atom is 0.337 e. The van der Waals surface area contributed by atoms with E-state index in [2.05, 4.69) is 0 Å². The molecule has 0 aromatic carbocycles. The first-order valence-electron chi connectivity index (χ1n) is 2.67. The van der Waals surface area contributed by atoms with Crippen LogP contribution >= 0.6 is 0 Å². The van der Waals surface area contributed by atoms with E-state index in [0.29, 0.717) is 0 Å². The molecule has 1 aliphatic rings. The fourth-order valence-corrected chi connectivity index (χ4v) is 0.554. The van der Waals surface area contributed by atoms with Crippen molar-refractivity contribution in [3.63, 3.8) is 0 Å². The van der Waals surface area contributed by atoms with Crippen molar-refractivity contribution in [3.05, 3.63) is 12.3 Å². The standard InChI is InChI=1S/C6H8O3/c1-6(2)8-4-3-5(7)9-6/h3-4H,1-2H3. The van der Waals surface area contributed by atoms with Crippen molar-refractivity contribution < 1.29 is 14.3 Å². The van der Waals surface area contributed by atoms with E-state index >= 15 is 0 Å². The van der Waals surface area contributed by atoms with Crippen LogP contribution in [0.15, 0.2) is 12.3 Å². The number of carbonyl (C=O) groups is 1. The molecule has 0 aromatic rings. The predicted octanol–water partition coefficient (Wildman–Crippen LogP) is 0.810. The van der Waals surface area contributed by atoms with Crippen molar-refractivity contribution in [2.24, 2.45) is 0 Å². The molecule has 1 heterocycles. The van der Waals surface area contributed by atoms with Crippen LogP contribution in [0, 0.1) is 0 Å². The van der Waals surface area contributed by atoms with Gasteiger partial charge in [-0.25, -0.2) is 4.79 Å². The van der Waals surface area contributed by atoms with E-state index < -0.39 is 5.79 Å². The molecule has 0 spiro atoms. The highest BCUT2D eigenvalue weighted by atomic mass is 16.7. The van der Waals surface area contributed by atoms with Crippen molar-refractivity contribution in [2.75, 3.05) is 0 Å². The van der Waals surface area contributed by atoms with E-state index in [1.807, 2.05) is 0 Å². The lowest BCUT2D eigenvalue weighted by molar-refractivity contribution is -0.198. The van der Waals surface area contributed by atoms with Crippen LogP contribution in [0.5, 0.6) is 0 Å². The molecule has 50 valence electrons. The number of cyclic esters (lactones) is 1. The minimum atomic E-state index is -0.786. The molecule has 0 saturated heterocycles. The minimum Gasteiger partial charge on any atom is -0.460 e. The second kappa shape index (κ2) is 1.76. The number of rotatable bonds is 0. The molecule has 0 amide bonds. The van der Waals surface area contributed by atoms with Crippen LogP contribution in [0.4, 0.5) is 0 Å². The van der Waals surface area contributed by atoms with Gasteiger partial charge in [0.2, 0.25) is 5.79 Å². The number of esters is 1. The van der Waals surface area contributed by atoms with Gasteiger partial charge in [-0.15, -0.1) is 0 Å². The minimum absolute atomic E-state index is 0.355. The Bertz CT molecular complexity index is 158. The Morgan fingerprint density at radius 2 is 2.22 bits per heavy atom. The van der Waals surface area contributed by atoms with Gasteiger partial charge in [0.05, 0.1) is 12.3 Å². The average molecular weight is 128 g/mol. The Hall–Kier alpha value is -0.990. The quantitative estimate of drug-likeness (QED) is 0.453. The summed E-state index contributed by atoms with van der Waals surface area (Å²) >= 11 is 0. The van der Waals surface area contributed by atoms with Crippen LogP contribution in [0.1, 0.15) is 13.8 Å². The first-order valence-corrected chi connectivity index (χ1v) is 2.67. The lowest BCUT2D eigenvalue weighted by atomic mass is 10.3. The molecule has 0 saturated carbocycles. The van der Waals surface area contributed by atoms with Gasteiger partial charge in [-0.3, -0.25) is 0 Å². The van der Waals surface area contributed by atoms with E-state index in [0.717, 1.165) is 0 Å². The maximum absolute atomic E-state index is 10.5. The summed E-state index contributed by atoms with van der Waals surface area (Å²) in [5, 5.41) is 0. The lowest BCUT2D eigenvalue weighted by Gasteiger charge is -2.25. The number of hydrogen-bond acceptors (Lipinski definition) is 3. The monoisotopic (exact) mass is 128 g/mol. The molecule has 9 heavy (non-hydrogen) atoms. The molecule has 0 aromatic heterocycles. The highest BCUT2D eigenvalue weighted by Crippen LogP contribution is 2.15. The third-order valence-corrected chi connectivity index (χ3v) is 0.902. The molecule has 1 rings (SSSR count). The Kier molecular flexibility index (Phi) is 1.20. The van der Waals surface area contributed by atoms with E-state index in [1.54, 1.807) is 13.8 Å². The molecule has 0 fully saturated rings. The first kappa shape index (κ1) is 6.13. The molecule has 0 unspecified atom stereocenters. The first-order chi connectivity index (χ1) is 4.10. The van der Waals surface area contributed by atoms with Gasteiger partial charge >= 0.3 is 5.97 Å². The summed E-state index contributed by atoms with van der Waals surface area (Å²) in [4.78, 5) is 10.5. The van der Waals surface area contributed by atoms with Crippen molar-refractivity contribution in [1.29, 1.82) is 0 Å². The summed E-state index contributed by atoms with van der Waals surface area (Å²) in [5.41, 5.74) is 0. The van der Waals surface area contributed by atoms with Crippen molar-refractivity contribution >= 4 is 5.97 Å². The summed E-state index contributed by atoms with van der Waals surface area (Å²) in [7, 11) is 0. The molecule has 3 nitrogen and oxygen atoms in total. The van der Waals surface area contributed by atoms with Gasteiger partial charge in [-0.05, 0) is 0 Å². The smallest absolute Gasteiger partial charge is 0.337 e. The van der Waals surface area contributed by atoms with Crippen LogP contribution in [-0.2, 0) is 14.3 Å². The second-order valence-electron chi connectivity index (χ2n) is 2.24. The fraction of sp³-hybridized carbons (Fsp3) is 0.500. The van der Waals surface area contributed by atoms with E-state index in [4.69, 9.17) is 9.47 Å². The molecular formula is C6H8O3. The Balaban J connectivity index is 2.68. The molecule has 3 heteroatoms. The molecule has 1 aliphatic heterocycles. The van der Waals surface area contributed by atoms with Crippen LogP contribution in [0.3, 0.4) is 0 Å². The van der Waals surface area contributed by atoms with E-state index in [1.165, 1.54) is 12.3 Å². The molecule has 0 bridgehead atoms. The van der Waals surface area contributed by atoms with Crippen LogP contribution in [0.25, 0.3) is 0 Å². The second-order valence-corrected chi connectivity index (χ2v) is 2.24. The summed E-state index contributed by atoms with van der Waals surface area (Å²) in [6.07, 6.45) is 2.58. The van der Waals surface area contributed by atoms with Crippen LogP contribution in [0.2, 0.25) is 0 Å². The fourth-order valence-electron chi connectivity index (χ4n) is 0.554. The molecule has 0 atom stereocenters. The Morgan fingerprint density at radius 3 is 2.56 bits per heavy atom. The van der Waals surface area contributed by atoms with Gasteiger partial charge in [0, 0.05) is 13.8 Å². The van der Waals surface area contributed by atoms with Crippen molar-refractivity contribution in [3.8, 4) is 0 Å². The molecule has 0 radical (unpaired) electrons. The van der Waals surface area contributed by atoms with Crippen molar-refractivity contribution in [1.82, 2.24) is 0 Å². The summed E-state index contributed by atoms with van der Waals surface area (Å²) in [6.45, 7) is 3.35. The predicted molar refractivity (Wildman–Crippen MR) is 30.4 cm³/mol. The number of ether oxygens (including phenoxy) is 2. The van der Waals surface area contributed by atoms with E-state index in [-0.39, 0.29) is 5.97 Å². The van der Waals surface area contributed by atoms with Crippen LogP contribution in [-0.4, -0.2) is 11.8 Å². The molecule has 0 aliphatic carbocycles. The zero-order valence-electron chi connectivity index (χ0n) is 5.38. The van der Waals surface area contributed by atoms with Crippen molar-refractivity contribution in [2.45, 2.75) is 19.6 Å². The highest BCUT2D eigenvalue weighted by molar-refractivity contribution is 5.82. The van der Waals surface area contributed by atoms with Crippen LogP contribution < -0.4 is 0 Å². The largest absolute Gasteiger partial charge is 0.460 e. The summed E-state index contributed by atoms with van der Waals surface area (Å²) in [5.74, 6) is -1.14. The number of carbonyl (C=O) groups excluding carboxylic acids is 1. The SMILES string of the molecule is CC1(C)OC=CC(=O)O1. The van der Waals surface area contributed by atoms with Gasteiger partial charge in [0.15, 0.2) is 0 Å². The van der Waals surface area contributed by atoms with E-state index in [9.17, 15) is 4.79 Å². The molecule has 0 N–H and O–H groups in total. The summed E-state index contributed by atoms with van der Waals surface area (Å²) in [6, 6.07) is 0. The van der Waals surface area contributed by atoms with Gasteiger partial charge in [0.25, 0.3) is 0 Å². The zero-order valence-corrected chi connectivity index (χ0v) is 5.38.